The number of nitrogen functional groups attached to an aromatic ring is 1. The molecule has 0 bridgehead atoms. The summed E-state index contributed by atoms with van der Waals surface area (Å²) in [5.41, 5.74) is 17.0. The van der Waals surface area contributed by atoms with Crippen LogP contribution in [0.15, 0.2) is 109 Å². The van der Waals surface area contributed by atoms with Crippen LogP contribution in [0.3, 0.4) is 0 Å². The Kier molecular flexibility index (Phi) is 9.39. The normalized spacial score (nSPS) is 25.4. The van der Waals surface area contributed by atoms with Gasteiger partial charge in [0, 0.05) is 31.3 Å². The second-order valence-electron chi connectivity index (χ2n) is 14.3. The van der Waals surface area contributed by atoms with Crippen LogP contribution in [-0.4, -0.2) is 64.4 Å². The Morgan fingerprint density at radius 2 is 1.56 bits per heavy atom. The molecule has 0 aromatic heterocycles. The number of nitrogens with two attached hydrogens (primary N) is 3. The smallest absolute Gasteiger partial charge is 0.321 e. The van der Waals surface area contributed by atoms with Gasteiger partial charge in [-0.25, -0.2) is 4.79 Å². The van der Waals surface area contributed by atoms with E-state index in [-0.39, 0.29) is 36.0 Å². The van der Waals surface area contributed by atoms with Gasteiger partial charge in [-0.3, -0.25) is 11.1 Å². The van der Waals surface area contributed by atoms with Gasteiger partial charge in [0.15, 0.2) is 5.79 Å². The molecule has 2 aliphatic heterocycles. The van der Waals surface area contributed by atoms with E-state index in [0.717, 1.165) is 23.1 Å². The Bertz CT molecular complexity index is 1800. The molecule has 5 atom stereocenters. The quantitative estimate of drug-likeness (QED) is 0.0870. The fourth-order valence-electron chi connectivity index (χ4n) is 8.04. The molecule has 4 aromatic carbocycles. The van der Waals surface area contributed by atoms with E-state index in [1.54, 1.807) is 6.07 Å². The number of hydrogen-bond acceptors (Lipinski definition) is 5. The molecule has 4 aromatic rings. The van der Waals surface area contributed by atoms with Crippen LogP contribution in [-0.2, 0) is 33.8 Å². The van der Waals surface area contributed by atoms with Gasteiger partial charge >= 0.3 is 6.03 Å². The van der Waals surface area contributed by atoms with Gasteiger partial charge in [-0.05, 0) is 67.5 Å². The largest absolute Gasteiger partial charge is 0.398 e. The molecule has 260 valence electrons. The topological polar surface area (TPSA) is 129 Å². The molecule has 3 aliphatic rings. The maximum absolute atomic E-state index is 15.4. The Morgan fingerprint density at radius 3 is 2.24 bits per heavy atom. The molecule has 50 heavy (non-hydrogen) atoms. The van der Waals surface area contributed by atoms with E-state index < -0.39 is 11.3 Å². The third-order valence-corrected chi connectivity index (χ3v) is 10.4. The first-order valence-corrected chi connectivity index (χ1v) is 17.6. The Hall–Kier alpha value is -4.70. The zero-order chi connectivity index (χ0) is 34.9. The average Bonchev–Trinajstić information content (AvgIpc) is 3.79. The van der Waals surface area contributed by atoms with Crippen molar-refractivity contribution in [3.05, 3.63) is 137 Å². The summed E-state index contributed by atoms with van der Waals surface area (Å²) in [5.74, 6) is -0.606. The predicted octanol–water partition coefficient (Wildman–Crippen LogP) is 4.64. The van der Waals surface area contributed by atoms with Gasteiger partial charge < -0.3 is 29.7 Å². The number of rotatable bonds is 12. The lowest BCUT2D eigenvalue weighted by atomic mass is 9.90. The summed E-state index contributed by atoms with van der Waals surface area (Å²) in [4.78, 5) is 19.4. The molecule has 6 N–H and O–H groups in total. The number of anilines is 1. The number of nitrogens with zero attached hydrogens (tertiary/aromatic N) is 2. The van der Waals surface area contributed by atoms with E-state index in [9.17, 15) is 0 Å². The molecule has 2 unspecified atom stereocenters. The third kappa shape index (κ3) is 6.73. The van der Waals surface area contributed by atoms with Crippen LogP contribution in [0.1, 0.15) is 60.4 Å². The Balaban J connectivity index is 1.28. The molecule has 0 radical (unpaired) electrons. The molecule has 2 amide bonds. The molecule has 9 nitrogen and oxygen atoms in total. The van der Waals surface area contributed by atoms with Crippen LogP contribution in [0.2, 0.25) is 0 Å². The number of fused-ring (bicyclic) bond motifs is 2. The summed E-state index contributed by atoms with van der Waals surface area (Å²) < 4.78 is 19.9. The maximum atomic E-state index is 15.4. The molecule has 1 saturated carbocycles. The Labute approximate surface area is 294 Å². The van der Waals surface area contributed by atoms with E-state index in [2.05, 4.69) is 53.4 Å². The van der Waals surface area contributed by atoms with Gasteiger partial charge in [-0.15, -0.1) is 0 Å². The summed E-state index contributed by atoms with van der Waals surface area (Å²) in [6, 6.07) is 36.2. The SMILES string of the molecule is CC1(C)O[C@H]2[C@@H](Cc3ccccc3)N(Cc3ccc(N)c(C(N)=[NH2+])c3)C(=O)N(CCCOCc3ccccc3)C3(CC3c3ccccc3)[C@@H]2O1. The zero-order valence-electron chi connectivity index (χ0n) is 28.9. The highest BCUT2D eigenvalue weighted by Crippen LogP contribution is 2.63. The molecule has 7 rings (SSSR count). The first kappa shape index (κ1) is 33.8. The van der Waals surface area contributed by atoms with Crippen LogP contribution in [0.5, 0.6) is 0 Å². The van der Waals surface area contributed by atoms with Crippen molar-refractivity contribution in [1.82, 2.24) is 9.80 Å². The van der Waals surface area contributed by atoms with Crippen molar-refractivity contribution in [1.29, 1.82) is 0 Å². The van der Waals surface area contributed by atoms with Crippen molar-refractivity contribution >= 4 is 17.6 Å². The van der Waals surface area contributed by atoms with Crippen molar-refractivity contribution in [3.63, 3.8) is 0 Å². The molecule has 9 heteroatoms. The highest BCUT2D eigenvalue weighted by Gasteiger charge is 2.72. The fraction of sp³-hybridized carbons (Fsp3) is 0.366. The molecule has 1 spiro atoms. The molecular formula is C41H48N5O4+. The zero-order valence-corrected chi connectivity index (χ0v) is 28.9. The van der Waals surface area contributed by atoms with Gasteiger partial charge in [0.1, 0.15) is 12.2 Å². The minimum absolute atomic E-state index is 0.0464. The van der Waals surface area contributed by atoms with Gasteiger partial charge in [-0.2, -0.15) is 0 Å². The van der Waals surface area contributed by atoms with Crippen molar-refractivity contribution in [2.45, 2.75) is 81.8 Å². The maximum Gasteiger partial charge on any atom is 0.321 e. The number of carbonyl (C=O) groups is 1. The van der Waals surface area contributed by atoms with Gasteiger partial charge in [0.2, 0.25) is 0 Å². The standard InChI is InChI=1S/C41H47N5O4/c1-40(2)49-36-35(24-28-13-6-3-7-14-28)45(26-30-19-20-34(42)32(23-30)38(43)44)39(47)46(21-12-22-48-27-29-15-8-4-9-16-29)41(37(36)50-40)25-33(41)31-17-10-5-11-18-31/h3-11,13-20,23,33,35-37H,12,21-22,24-27,42H2,1-2H3,(H3,43,44)/p+1/t33?,35-,36+,37-,41?/m1/s1. The highest BCUT2D eigenvalue weighted by molar-refractivity contribution is 5.98. The Morgan fingerprint density at radius 1 is 0.900 bits per heavy atom. The van der Waals surface area contributed by atoms with Crippen LogP contribution >= 0.6 is 0 Å². The van der Waals surface area contributed by atoms with Gasteiger partial charge in [0.25, 0.3) is 5.84 Å². The van der Waals surface area contributed by atoms with E-state index >= 15 is 4.79 Å². The number of carbonyl (C=O) groups excluding carboxylic acids is 1. The molecule has 3 fully saturated rings. The molecular weight excluding hydrogens is 626 g/mol. The second-order valence-corrected chi connectivity index (χ2v) is 14.3. The monoisotopic (exact) mass is 674 g/mol. The van der Waals surface area contributed by atoms with Crippen LogP contribution < -0.4 is 16.9 Å². The molecule has 2 saturated heterocycles. The number of ether oxygens (including phenoxy) is 3. The lowest BCUT2D eigenvalue weighted by molar-refractivity contribution is -0.159. The number of amidine groups is 1. The van der Waals surface area contributed by atoms with Crippen molar-refractivity contribution in [3.8, 4) is 0 Å². The van der Waals surface area contributed by atoms with Crippen LogP contribution in [0.4, 0.5) is 10.5 Å². The molecule has 1 aliphatic carbocycles. The highest BCUT2D eigenvalue weighted by atomic mass is 16.8. The minimum atomic E-state index is -0.838. The van der Waals surface area contributed by atoms with Gasteiger partial charge in [0.05, 0.1) is 23.8 Å². The molecule has 2 heterocycles. The van der Waals surface area contributed by atoms with E-state index in [1.807, 2.05) is 73.3 Å². The average molecular weight is 675 g/mol. The second kappa shape index (κ2) is 13.9. The third-order valence-electron chi connectivity index (χ3n) is 10.4. The van der Waals surface area contributed by atoms with Gasteiger partial charge in [-0.1, -0.05) is 97.1 Å². The van der Waals surface area contributed by atoms with Crippen molar-refractivity contribution in [2.24, 2.45) is 5.73 Å². The van der Waals surface area contributed by atoms with Crippen LogP contribution in [0.25, 0.3) is 0 Å². The number of hydrogen-bond donors (Lipinski definition) is 3. The summed E-state index contributed by atoms with van der Waals surface area (Å²) in [5, 5.41) is 6.03. The van der Waals surface area contributed by atoms with Crippen molar-refractivity contribution in [2.75, 3.05) is 18.9 Å². The summed E-state index contributed by atoms with van der Waals surface area (Å²) in [7, 11) is 0. The predicted molar refractivity (Wildman–Crippen MR) is 194 cm³/mol. The van der Waals surface area contributed by atoms with Crippen LogP contribution in [0, 0.1) is 0 Å². The number of amides is 2. The summed E-state index contributed by atoms with van der Waals surface area (Å²) >= 11 is 0. The first-order valence-electron chi connectivity index (χ1n) is 17.6. The summed E-state index contributed by atoms with van der Waals surface area (Å²) in [6.45, 7) is 5.83. The van der Waals surface area contributed by atoms with E-state index in [0.29, 0.717) is 50.4 Å². The minimum Gasteiger partial charge on any atom is -0.398 e. The van der Waals surface area contributed by atoms with E-state index in [1.165, 1.54) is 5.56 Å². The van der Waals surface area contributed by atoms with Crippen molar-refractivity contribution < 1.29 is 24.4 Å². The lowest BCUT2D eigenvalue weighted by Gasteiger charge is -2.38. The number of urea groups is 1. The van der Waals surface area contributed by atoms with E-state index in [4.69, 9.17) is 31.1 Å². The lowest BCUT2D eigenvalue weighted by Crippen LogP contribution is -2.53. The first-order chi connectivity index (χ1) is 24.2. The summed E-state index contributed by atoms with van der Waals surface area (Å²) in [6.07, 6.45) is 1.31. The fourth-order valence-corrected chi connectivity index (χ4v) is 8.04. The number of benzene rings is 4.